The molecule has 6 heteroatoms. The first-order valence-corrected chi connectivity index (χ1v) is 10.1. The van der Waals surface area contributed by atoms with Crippen LogP contribution in [0.2, 0.25) is 5.02 Å². The summed E-state index contributed by atoms with van der Waals surface area (Å²) in [6.07, 6.45) is 0.932. The number of hydrogen-bond acceptors (Lipinski definition) is 4. The fourth-order valence-corrected chi connectivity index (χ4v) is 4.10. The standard InChI is InChI=1S/C22H17ClN2O2S/c1-2-14-9-11-15(12-10-14)24-20-19(18-8-5-13-28-18)21(26)25(22(20)27)17-7-4-3-6-16(17)23/h3-13,24H,2H2,1H3. The molecule has 140 valence electrons. The molecule has 0 bridgehead atoms. The summed E-state index contributed by atoms with van der Waals surface area (Å²) < 4.78 is 0. The summed E-state index contributed by atoms with van der Waals surface area (Å²) in [5, 5.41) is 5.39. The van der Waals surface area contributed by atoms with Crippen molar-refractivity contribution >= 4 is 51.7 Å². The number of halogens is 1. The first-order valence-electron chi connectivity index (χ1n) is 8.87. The third-order valence-electron chi connectivity index (χ3n) is 4.58. The number of nitrogens with zero attached hydrogens (tertiary/aromatic N) is 1. The van der Waals surface area contributed by atoms with Gasteiger partial charge in [0.2, 0.25) is 0 Å². The monoisotopic (exact) mass is 408 g/mol. The van der Waals surface area contributed by atoms with E-state index in [0.29, 0.717) is 16.3 Å². The van der Waals surface area contributed by atoms with Crippen LogP contribution in [0.1, 0.15) is 17.4 Å². The van der Waals surface area contributed by atoms with Crippen LogP contribution in [-0.2, 0) is 16.0 Å². The SMILES string of the molecule is CCc1ccc(NC2=C(c3cccs3)C(=O)N(c3ccccc3Cl)C2=O)cc1. The molecule has 0 saturated carbocycles. The Morgan fingerprint density at radius 1 is 0.964 bits per heavy atom. The Balaban J connectivity index is 1.78. The van der Waals surface area contributed by atoms with Crippen LogP contribution < -0.4 is 10.2 Å². The smallest absolute Gasteiger partial charge is 0.282 e. The van der Waals surface area contributed by atoms with Gasteiger partial charge in [0.15, 0.2) is 0 Å². The molecular weight excluding hydrogens is 392 g/mol. The van der Waals surface area contributed by atoms with Gasteiger partial charge in [0.05, 0.1) is 16.3 Å². The Labute approximate surface area is 172 Å². The van der Waals surface area contributed by atoms with Gasteiger partial charge in [-0.25, -0.2) is 4.90 Å². The largest absolute Gasteiger partial charge is 0.350 e. The Bertz CT molecular complexity index is 1070. The van der Waals surface area contributed by atoms with Crippen LogP contribution in [0.3, 0.4) is 0 Å². The van der Waals surface area contributed by atoms with Gasteiger partial charge in [0.1, 0.15) is 5.70 Å². The van der Waals surface area contributed by atoms with Crippen molar-refractivity contribution in [3.8, 4) is 0 Å². The van der Waals surface area contributed by atoms with Crippen molar-refractivity contribution < 1.29 is 9.59 Å². The van der Waals surface area contributed by atoms with Gasteiger partial charge in [-0.05, 0) is 47.7 Å². The highest BCUT2D eigenvalue weighted by atomic mass is 35.5. The zero-order chi connectivity index (χ0) is 19.7. The Hall–Kier alpha value is -2.89. The van der Waals surface area contributed by atoms with Gasteiger partial charge >= 0.3 is 0 Å². The van der Waals surface area contributed by atoms with Gasteiger partial charge in [-0.2, -0.15) is 0 Å². The summed E-state index contributed by atoms with van der Waals surface area (Å²) in [7, 11) is 0. The molecule has 0 spiro atoms. The molecule has 4 rings (SSSR count). The van der Waals surface area contributed by atoms with Gasteiger partial charge in [0, 0.05) is 10.6 Å². The lowest BCUT2D eigenvalue weighted by atomic mass is 10.1. The van der Waals surface area contributed by atoms with E-state index in [-0.39, 0.29) is 11.6 Å². The van der Waals surface area contributed by atoms with E-state index in [2.05, 4.69) is 12.2 Å². The predicted octanol–water partition coefficient (Wildman–Crippen LogP) is 5.36. The van der Waals surface area contributed by atoms with E-state index in [1.807, 2.05) is 41.8 Å². The number of aryl methyl sites for hydroxylation is 1. The van der Waals surface area contributed by atoms with Gasteiger partial charge in [-0.3, -0.25) is 9.59 Å². The van der Waals surface area contributed by atoms with Crippen LogP contribution in [0.15, 0.2) is 71.7 Å². The maximum absolute atomic E-state index is 13.2. The topological polar surface area (TPSA) is 49.4 Å². The highest BCUT2D eigenvalue weighted by Gasteiger charge is 2.41. The summed E-state index contributed by atoms with van der Waals surface area (Å²) in [6.45, 7) is 2.08. The lowest BCUT2D eigenvalue weighted by Crippen LogP contribution is -2.32. The summed E-state index contributed by atoms with van der Waals surface area (Å²) in [5.74, 6) is -0.797. The molecule has 0 aliphatic carbocycles. The van der Waals surface area contributed by atoms with E-state index in [1.54, 1.807) is 24.3 Å². The molecule has 1 N–H and O–H groups in total. The van der Waals surface area contributed by atoms with E-state index in [9.17, 15) is 9.59 Å². The lowest BCUT2D eigenvalue weighted by Gasteiger charge is -2.16. The van der Waals surface area contributed by atoms with E-state index < -0.39 is 5.91 Å². The number of carbonyl (C=O) groups is 2. The minimum absolute atomic E-state index is 0.261. The van der Waals surface area contributed by atoms with Crippen molar-refractivity contribution in [3.05, 3.63) is 87.2 Å². The number of thiophene rings is 1. The van der Waals surface area contributed by atoms with Gasteiger partial charge in [-0.1, -0.05) is 48.9 Å². The van der Waals surface area contributed by atoms with E-state index in [0.717, 1.165) is 21.9 Å². The van der Waals surface area contributed by atoms with E-state index in [4.69, 9.17) is 11.6 Å². The van der Waals surface area contributed by atoms with Crippen LogP contribution in [0.5, 0.6) is 0 Å². The van der Waals surface area contributed by atoms with Crippen LogP contribution >= 0.6 is 22.9 Å². The molecule has 1 aromatic heterocycles. The minimum Gasteiger partial charge on any atom is -0.350 e. The van der Waals surface area contributed by atoms with Crippen molar-refractivity contribution in [1.82, 2.24) is 0 Å². The minimum atomic E-state index is -0.416. The summed E-state index contributed by atoms with van der Waals surface area (Å²) >= 11 is 7.68. The number of para-hydroxylation sites is 1. The maximum atomic E-state index is 13.2. The van der Waals surface area contributed by atoms with Crippen LogP contribution in [-0.4, -0.2) is 11.8 Å². The normalized spacial score (nSPS) is 14.1. The summed E-state index contributed by atoms with van der Waals surface area (Å²) in [5.41, 5.74) is 2.95. The molecule has 3 aromatic rings. The number of nitrogens with one attached hydrogen (secondary N) is 1. The number of hydrogen-bond donors (Lipinski definition) is 1. The third-order valence-corrected chi connectivity index (χ3v) is 5.78. The Kier molecular flexibility index (Phi) is 5.03. The van der Waals surface area contributed by atoms with Crippen molar-refractivity contribution in [2.75, 3.05) is 10.2 Å². The van der Waals surface area contributed by atoms with Crippen molar-refractivity contribution in [3.63, 3.8) is 0 Å². The van der Waals surface area contributed by atoms with Crippen molar-refractivity contribution in [2.24, 2.45) is 0 Å². The molecule has 1 aliphatic heterocycles. The molecule has 4 nitrogen and oxygen atoms in total. The fourth-order valence-electron chi connectivity index (χ4n) is 3.12. The molecule has 0 unspecified atom stereocenters. The second kappa shape index (κ2) is 7.62. The van der Waals surface area contributed by atoms with E-state index >= 15 is 0 Å². The van der Waals surface area contributed by atoms with Gasteiger partial charge in [-0.15, -0.1) is 11.3 Å². The van der Waals surface area contributed by atoms with Crippen LogP contribution in [0.4, 0.5) is 11.4 Å². The van der Waals surface area contributed by atoms with E-state index in [1.165, 1.54) is 16.9 Å². The molecule has 0 radical (unpaired) electrons. The number of rotatable bonds is 5. The fraction of sp³-hybridized carbons (Fsp3) is 0.0909. The summed E-state index contributed by atoms with van der Waals surface area (Å²) in [4.78, 5) is 28.3. The highest BCUT2D eigenvalue weighted by Crippen LogP contribution is 2.37. The molecule has 2 heterocycles. The molecular formula is C22H17ClN2O2S. The van der Waals surface area contributed by atoms with Crippen molar-refractivity contribution in [1.29, 1.82) is 0 Å². The first kappa shape index (κ1) is 18.5. The first-order chi connectivity index (χ1) is 13.6. The quantitative estimate of drug-likeness (QED) is 0.578. The van der Waals surface area contributed by atoms with Crippen molar-refractivity contribution in [2.45, 2.75) is 13.3 Å². The number of anilines is 2. The second-order valence-electron chi connectivity index (χ2n) is 6.30. The number of imide groups is 1. The van der Waals surface area contributed by atoms with Gasteiger partial charge in [0.25, 0.3) is 11.8 Å². The predicted molar refractivity (Wildman–Crippen MR) is 115 cm³/mol. The number of amides is 2. The molecule has 0 atom stereocenters. The average molecular weight is 409 g/mol. The van der Waals surface area contributed by atoms with Gasteiger partial charge < -0.3 is 5.32 Å². The second-order valence-corrected chi connectivity index (χ2v) is 7.65. The highest BCUT2D eigenvalue weighted by molar-refractivity contribution is 7.11. The molecule has 28 heavy (non-hydrogen) atoms. The molecule has 2 amide bonds. The lowest BCUT2D eigenvalue weighted by molar-refractivity contribution is -0.120. The summed E-state index contributed by atoms with van der Waals surface area (Å²) in [6, 6.07) is 18.4. The Morgan fingerprint density at radius 2 is 1.71 bits per heavy atom. The average Bonchev–Trinajstić information content (AvgIpc) is 3.31. The van der Waals surface area contributed by atoms with Crippen LogP contribution in [0, 0.1) is 0 Å². The molecule has 1 aliphatic rings. The zero-order valence-electron chi connectivity index (χ0n) is 15.1. The molecule has 0 saturated heterocycles. The third kappa shape index (κ3) is 3.23. The molecule has 0 fully saturated rings. The maximum Gasteiger partial charge on any atom is 0.282 e. The number of carbonyl (C=O) groups excluding carboxylic acids is 2. The molecule has 2 aromatic carbocycles. The number of benzene rings is 2. The Morgan fingerprint density at radius 3 is 2.36 bits per heavy atom. The zero-order valence-corrected chi connectivity index (χ0v) is 16.7. The van der Waals surface area contributed by atoms with Crippen LogP contribution in [0.25, 0.3) is 5.57 Å².